The fourth-order valence-corrected chi connectivity index (χ4v) is 0.136. The van der Waals surface area contributed by atoms with E-state index in [0.717, 1.165) is 0 Å². The van der Waals surface area contributed by atoms with Crippen molar-refractivity contribution in [3.05, 3.63) is 0 Å². The Labute approximate surface area is 51.0 Å². The van der Waals surface area contributed by atoms with Crippen LogP contribution in [-0.4, -0.2) is 5.60 Å². The van der Waals surface area contributed by atoms with Crippen molar-refractivity contribution in [2.75, 3.05) is 0 Å². The maximum absolute atomic E-state index is 5.01. The second kappa shape index (κ2) is 2.46. The minimum absolute atomic E-state index is 0.181. The van der Waals surface area contributed by atoms with Crippen molar-refractivity contribution >= 4 is 0 Å². The van der Waals surface area contributed by atoms with Gasteiger partial charge < -0.3 is 0 Å². The Kier molecular flexibility index (Phi) is 2.44. The van der Waals surface area contributed by atoms with Crippen LogP contribution in [0.4, 0.5) is 0 Å². The van der Waals surface area contributed by atoms with Crippen molar-refractivity contribution in [2.45, 2.75) is 33.3 Å². The Morgan fingerprint density at radius 3 is 1.75 bits per heavy atom. The van der Waals surface area contributed by atoms with E-state index in [9.17, 15) is 0 Å². The highest BCUT2D eigenvalue weighted by molar-refractivity contribution is 4.70. The molecule has 0 amide bonds. The molecule has 0 aliphatic heterocycles. The number of hydrogen-bond donors (Lipinski definition) is 1. The van der Waals surface area contributed by atoms with Gasteiger partial charge in [-0.1, -0.05) is 13.8 Å². The molecular weight excluding hydrogens is 102 g/mol. The van der Waals surface area contributed by atoms with E-state index in [1.165, 1.54) is 0 Å². The number of hydrogen-bond acceptors (Lipinski definition) is 2. The van der Waals surface area contributed by atoms with Crippen LogP contribution in [0.5, 0.6) is 0 Å². The number of rotatable bonds is 2. The topological polar surface area (TPSA) is 35.2 Å². The summed E-state index contributed by atoms with van der Waals surface area (Å²) >= 11 is 0. The first-order chi connectivity index (χ1) is 3.50. The van der Waals surface area contributed by atoms with Gasteiger partial charge in [-0.05, 0) is 19.8 Å². The molecule has 0 atom stereocenters. The molecule has 0 fully saturated rings. The van der Waals surface area contributed by atoms with Crippen LogP contribution in [0.25, 0.3) is 0 Å². The molecule has 0 aromatic heterocycles. The summed E-state index contributed by atoms with van der Waals surface area (Å²) in [6, 6.07) is 0. The minimum atomic E-state index is -0.181. The Balaban J connectivity index is 3.71. The summed E-state index contributed by atoms with van der Waals surface area (Å²) in [5.41, 5.74) is -0.181. The summed E-state index contributed by atoms with van der Waals surface area (Å²) in [7, 11) is 0. The minimum Gasteiger partial charge on any atom is -0.298 e. The highest BCUT2D eigenvalue weighted by Gasteiger charge is 2.21. The molecule has 0 aliphatic carbocycles. The van der Waals surface area contributed by atoms with Gasteiger partial charge in [0.05, 0.1) is 5.60 Å². The lowest BCUT2D eigenvalue weighted by molar-refractivity contribution is -0.0524. The van der Waals surface area contributed by atoms with Gasteiger partial charge in [0.1, 0.15) is 0 Å². The van der Waals surface area contributed by atoms with Crippen LogP contribution in [0.1, 0.15) is 27.7 Å². The van der Waals surface area contributed by atoms with Crippen molar-refractivity contribution in [3.8, 4) is 0 Å². The van der Waals surface area contributed by atoms with Gasteiger partial charge in [0.15, 0.2) is 0 Å². The molecular formula is C6H15NO. The molecule has 0 radical (unpaired) electrons. The van der Waals surface area contributed by atoms with Crippen LogP contribution in [0.15, 0.2) is 0 Å². The largest absolute Gasteiger partial charge is 0.298 e. The first kappa shape index (κ1) is 7.92. The molecule has 2 nitrogen and oxygen atoms in total. The molecule has 0 saturated carbocycles. The summed E-state index contributed by atoms with van der Waals surface area (Å²) in [6.45, 7) is 8.09. The average molecular weight is 117 g/mol. The van der Waals surface area contributed by atoms with Gasteiger partial charge in [0.2, 0.25) is 0 Å². The predicted molar refractivity (Wildman–Crippen MR) is 34.2 cm³/mol. The molecule has 0 aromatic carbocycles. The van der Waals surface area contributed by atoms with Gasteiger partial charge in [-0.15, -0.1) is 0 Å². The van der Waals surface area contributed by atoms with E-state index < -0.39 is 0 Å². The second-order valence-corrected chi connectivity index (χ2v) is 2.88. The van der Waals surface area contributed by atoms with Crippen molar-refractivity contribution < 1.29 is 4.84 Å². The van der Waals surface area contributed by atoms with Crippen molar-refractivity contribution in [2.24, 2.45) is 11.8 Å². The fraction of sp³-hybridized carbons (Fsp3) is 1.00. The third-order valence-corrected chi connectivity index (χ3v) is 1.69. The van der Waals surface area contributed by atoms with E-state index in [1.807, 2.05) is 13.8 Å². The van der Waals surface area contributed by atoms with Gasteiger partial charge in [-0.3, -0.25) is 4.84 Å². The summed E-state index contributed by atoms with van der Waals surface area (Å²) in [4.78, 5) is 4.70. The molecule has 8 heavy (non-hydrogen) atoms. The first-order valence-electron chi connectivity index (χ1n) is 2.88. The van der Waals surface area contributed by atoms with Crippen LogP contribution in [0.3, 0.4) is 0 Å². The Bertz CT molecular complexity index is 68.9. The molecule has 0 saturated heterocycles. The second-order valence-electron chi connectivity index (χ2n) is 2.88. The molecule has 2 heteroatoms. The lowest BCUT2D eigenvalue weighted by Crippen LogP contribution is -2.33. The van der Waals surface area contributed by atoms with Gasteiger partial charge in [-0.2, -0.15) is 0 Å². The Morgan fingerprint density at radius 1 is 1.38 bits per heavy atom. The van der Waals surface area contributed by atoms with E-state index >= 15 is 0 Å². The monoisotopic (exact) mass is 117 g/mol. The van der Waals surface area contributed by atoms with Crippen LogP contribution in [0.2, 0.25) is 0 Å². The van der Waals surface area contributed by atoms with Gasteiger partial charge in [0.25, 0.3) is 0 Å². The maximum atomic E-state index is 5.01. The van der Waals surface area contributed by atoms with Crippen molar-refractivity contribution in [1.82, 2.24) is 0 Å². The fourth-order valence-electron chi connectivity index (χ4n) is 0.136. The standard InChI is InChI=1S/C6H15NO/c1-5(2)6(3,4)8-7/h5H,7H2,1-4H3. The lowest BCUT2D eigenvalue weighted by atomic mass is 9.95. The van der Waals surface area contributed by atoms with E-state index in [2.05, 4.69) is 13.8 Å². The van der Waals surface area contributed by atoms with E-state index in [1.54, 1.807) is 0 Å². The molecule has 0 spiro atoms. The third kappa shape index (κ3) is 1.80. The molecule has 0 heterocycles. The smallest absolute Gasteiger partial charge is 0.0860 e. The summed E-state index contributed by atoms with van der Waals surface area (Å²) in [5.74, 6) is 5.47. The summed E-state index contributed by atoms with van der Waals surface area (Å²) < 4.78 is 0. The van der Waals surface area contributed by atoms with Crippen LogP contribution in [-0.2, 0) is 4.84 Å². The highest BCUT2D eigenvalue weighted by atomic mass is 16.6. The highest BCUT2D eigenvalue weighted by Crippen LogP contribution is 2.17. The SMILES string of the molecule is CC(C)C(C)(C)ON. The first-order valence-corrected chi connectivity index (χ1v) is 2.88. The van der Waals surface area contributed by atoms with Crippen LogP contribution >= 0.6 is 0 Å². The Morgan fingerprint density at radius 2 is 1.75 bits per heavy atom. The van der Waals surface area contributed by atoms with Crippen LogP contribution < -0.4 is 5.90 Å². The zero-order valence-corrected chi connectivity index (χ0v) is 6.06. The zero-order chi connectivity index (χ0) is 6.78. The average Bonchev–Trinajstić information content (AvgIpc) is 1.67. The van der Waals surface area contributed by atoms with E-state index in [0.29, 0.717) is 5.92 Å². The van der Waals surface area contributed by atoms with Gasteiger partial charge in [-0.25, -0.2) is 5.90 Å². The zero-order valence-electron chi connectivity index (χ0n) is 6.06. The molecule has 2 N–H and O–H groups in total. The predicted octanol–water partition coefficient (Wildman–Crippen LogP) is 1.31. The van der Waals surface area contributed by atoms with Gasteiger partial charge in [0, 0.05) is 0 Å². The maximum Gasteiger partial charge on any atom is 0.0860 e. The summed E-state index contributed by atoms with van der Waals surface area (Å²) in [6.07, 6.45) is 0. The molecule has 0 bridgehead atoms. The normalized spacial score (nSPS) is 12.8. The van der Waals surface area contributed by atoms with E-state index in [4.69, 9.17) is 10.7 Å². The Hall–Kier alpha value is -0.0800. The molecule has 0 unspecified atom stereocenters. The summed E-state index contributed by atoms with van der Waals surface area (Å²) in [5, 5.41) is 0. The van der Waals surface area contributed by atoms with E-state index in [-0.39, 0.29) is 5.60 Å². The van der Waals surface area contributed by atoms with Crippen LogP contribution in [0, 0.1) is 5.92 Å². The quantitative estimate of drug-likeness (QED) is 0.553. The molecule has 0 aromatic rings. The third-order valence-electron chi connectivity index (χ3n) is 1.69. The molecule has 0 aliphatic rings. The van der Waals surface area contributed by atoms with Crippen molar-refractivity contribution in [1.29, 1.82) is 0 Å². The lowest BCUT2D eigenvalue weighted by Gasteiger charge is -2.25. The molecule has 0 rings (SSSR count). The molecule has 50 valence electrons. The van der Waals surface area contributed by atoms with Crippen molar-refractivity contribution in [3.63, 3.8) is 0 Å². The van der Waals surface area contributed by atoms with Gasteiger partial charge >= 0.3 is 0 Å². The number of nitrogens with two attached hydrogens (primary N) is 1.